The number of ketones is 1. The maximum atomic E-state index is 12.4. The van der Waals surface area contributed by atoms with E-state index in [1.807, 2.05) is 42.5 Å². The van der Waals surface area contributed by atoms with E-state index in [9.17, 15) is 4.79 Å². The zero-order valence-electron chi connectivity index (χ0n) is 11.8. The summed E-state index contributed by atoms with van der Waals surface area (Å²) >= 11 is 0. The van der Waals surface area contributed by atoms with Crippen LogP contribution in [0.15, 0.2) is 67.0 Å². The van der Waals surface area contributed by atoms with Gasteiger partial charge < -0.3 is 0 Å². The summed E-state index contributed by atoms with van der Waals surface area (Å²) in [5.74, 6) is 0.211. The number of aromatic nitrogens is 1. The van der Waals surface area contributed by atoms with Gasteiger partial charge in [-0.05, 0) is 29.9 Å². The van der Waals surface area contributed by atoms with E-state index in [2.05, 4.69) is 17.1 Å². The number of carbonyl (C=O) groups excluding carboxylic acids is 1. The van der Waals surface area contributed by atoms with Gasteiger partial charge in [0, 0.05) is 29.8 Å². The average Bonchev–Trinajstić information content (AvgIpc) is 2.55. The molecule has 0 aliphatic heterocycles. The molecule has 0 saturated heterocycles. The van der Waals surface area contributed by atoms with E-state index in [0.717, 1.165) is 29.2 Å². The summed E-state index contributed by atoms with van der Waals surface area (Å²) in [5.41, 5.74) is 2.09. The van der Waals surface area contributed by atoms with E-state index >= 15 is 0 Å². The molecular formula is C19H17NO. The molecule has 104 valence electrons. The van der Waals surface area contributed by atoms with Crippen LogP contribution in [-0.4, -0.2) is 10.8 Å². The van der Waals surface area contributed by atoms with E-state index in [-0.39, 0.29) is 5.78 Å². The number of nitrogens with zero attached hydrogens (tertiary/aromatic N) is 1. The molecule has 0 bridgehead atoms. The normalized spacial score (nSPS) is 10.7. The molecule has 0 amide bonds. The standard InChI is InChI=1S/C19H17NO/c21-19(11-4-8-15-6-2-1-3-7-15)18-10-5-9-16-14-20-13-12-17(16)18/h1-3,5-7,9-10,12-14H,4,8,11H2. The molecule has 0 aliphatic rings. The van der Waals surface area contributed by atoms with Gasteiger partial charge in [-0.15, -0.1) is 0 Å². The predicted molar refractivity (Wildman–Crippen MR) is 85.5 cm³/mol. The second-order valence-corrected chi connectivity index (χ2v) is 5.16. The molecule has 2 nitrogen and oxygen atoms in total. The van der Waals surface area contributed by atoms with Crippen molar-refractivity contribution in [2.24, 2.45) is 0 Å². The number of Topliss-reactive ketones (excluding diaryl/α,β-unsaturated/α-hetero) is 1. The first kappa shape index (κ1) is 13.5. The highest BCUT2D eigenvalue weighted by molar-refractivity contribution is 6.07. The van der Waals surface area contributed by atoms with Crippen LogP contribution in [-0.2, 0) is 6.42 Å². The van der Waals surface area contributed by atoms with Crippen LogP contribution in [0.3, 0.4) is 0 Å². The smallest absolute Gasteiger partial charge is 0.163 e. The largest absolute Gasteiger partial charge is 0.294 e. The molecule has 0 fully saturated rings. The zero-order chi connectivity index (χ0) is 14.5. The third-order valence-electron chi connectivity index (χ3n) is 3.69. The molecule has 1 aromatic heterocycles. The van der Waals surface area contributed by atoms with Crippen LogP contribution in [0.4, 0.5) is 0 Å². The fourth-order valence-corrected chi connectivity index (χ4v) is 2.60. The number of benzene rings is 2. The van der Waals surface area contributed by atoms with E-state index in [1.165, 1.54) is 5.56 Å². The quantitative estimate of drug-likeness (QED) is 0.644. The van der Waals surface area contributed by atoms with Gasteiger partial charge in [-0.2, -0.15) is 0 Å². The van der Waals surface area contributed by atoms with Crippen molar-refractivity contribution in [3.63, 3.8) is 0 Å². The van der Waals surface area contributed by atoms with E-state index in [1.54, 1.807) is 12.4 Å². The van der Waals surface area contributed by atoms with Gasteiger partial charge in [-0.3, -0.25) is 9.78 Å². The minimum atomic E-state index is 0.211. The van der Waals surface area contributed by atoms with Crippen molar-refractivity contribution in [2.45, 2.75) is 19.3 Å². The van der Waals surface area contributed by atoms with Crippen LogP contribution in [0.25, 0.3) is 10.8 Å². The number of aryl methyl sites for hydroxylation is 1. The number of fused-ring (bicyclic) bond motifs is 1. The van der Waals surface area contributed by atoms with Gasteiger partial charge in [0.2, 0.25) is 0 Å². The number of rotatable bonds is 5. The lowest BCUT2D eigenvalue weighted by molar-refractivity contribution is 0.0982. The second kappa shape index (κ2) is 6.31. The lowest BCUT2D eigenvalue weighted by Gasteiger charge is -2.05. The molecule has 1 heterocycles. The van der Waals surface area contributed by atoms with Crippen molar-refractivity contribution in [1.29, 1.82) is 0 Å². The van der Waals surface area contributed by atoms with E-state index in [4.69, 9.17) is 0 Å². The highest BCUT2D eigenvalue weighted by atomic mass is 16.1. The van der Waals surface area contributed by atoms with Crippen molar-refractivity contribution in [3.05, 3.63) is 78.1 Å². The Bertz CT molecular complexity index is 744. The van der Waals surface area contributed by atoms with Crippen molar-refractivity contribution < 1.29 is 4.79 Å². The number of hydrogen-bond acceptors (Lipinski definition) is 2. The van der Waals surface area contributed by atoms with Crippen molar-refractivity contribution in [2.75, 3.05) is 0 Å². The van der Waals surface area contributed by atoms with E-state index < -0.39 is 0 Å². The predicted octanol–water partition coefficient (Wildman–Crippen LogP) is 4.44. The molecule has 0 spiro atoms. The molecule has 0 N–H and O–H groups in total. The first-order valence-corrected chi connectivity index (χ1v) is 7.24. The van der Waals surface area contributed by atoms with E-state index in [0.29, 0.717) is 6.42 Å². The third-order valence-corrected chi connectivity index (χ3v) is 3.69. The Balaban J connectivity index is 1.70. The Morgan fingerprint density at radius 1 is 0.952 bits per heavy atom. The molecule has 0 saturated carbocycles. The topological polar surface area (TPSA) is 30.0 Å². The monoisotopic (exact) mass is 275 g/mol. The van der Waals surface area contributed by atoms with Crippen LogP contribution in [0.1, 0.15) is 28.8 Å². The van der Waals surface area contributed by atoms with Crippen molar-refractivity contribution in [1.82, 2.24) is 4.98 Å². The summed E-state index contributed by atoms with van der Waals surface area (Å²) in [6.45, 7) is 0. The van der Waals surface area contributed by atoms with Gasteiger partial charge in [0.1, 0.15) is 0 Å². The molecular weight excluding hydrogens is 258 g/mol. The van der Waals surface area contributed by atoms with Crippen LogP contribution >= 0.6 is 0 Å². The van der Waals surface area contributed by atoms with Gasteiger partial charge in [0.05, 0.1) is 0 Å². The lowest BCUT2D eigenvalue weighted by Crippen LogP contribution is -2.01. The average molecular weight is 275 g/mol. The maximum absolute atomic E-state index is 12.4. The molecule has 3 aromatic rings. The molecule has 2 heteroatoms. The van der Waals surface area contributed by atoms with Crippen LogP contribution < -0.4 is 0 Å². The highest BCUT2D eigenvalue weighted by Gasteiger charge is 2.09. The lowest BCUT2D eigenvalue weighted by atomic mass is 9.98. The highest BCUT2D eigenvalue weighted by Crippen LogP contribution is 2.19. The summed E-state index contributed by atoms with van der Waals surface area (Å²) in [7, 11) is 0. The Hall–Kier alpha value is -2.48. The minimum Gasteiger partial charge on any atom is -0.294 e. The first-order valence-electron chi connectivity index (χ1n) is 7.24. The van der Waals surface area contributed by atoms with Crippen LogP contribution in [0, 0.1) is 0 Å². The molecule has 0 radical (unpaired) electrons. The molecule has 21 heavy (non-hydrogen) atoms. The Morgan fingerprint density at radius 3 is 2.67 bits per heavy atom. The minimum absolute atomic E-state index is 0.211. The van der Waals surface area contributed by atoms with Crippen molar-refractivity contribution in [3.8, 4) is 0 Å². The fraction of sp³-hybridized carbons (Fsp3) is 0.158. The van der Waals surface area contributed by atoms with Gasteiger partial charge in [-0.1, -0.05) is 48.5 Å². The van der Waals surface area contributed by atoms with Gasteiger partial charge in [-0.25, -0.2) is 0 Å². The summed E-state index contributed by atoms with van der Waals surface area (Å²) in [6.07, 6.45) is 5.94. The first-order chi connectivity index (χ1) is 10.3. The molecule has 3 rings (SSSR count). The van der Waals surface area contributed by atoms with Crippen LogP contribution in [0.5, 0.6) is 0 Å². The van der Waals surface area contributed by atoms with Gasteiger partial charge >= 0.3 is 0 Å². The van der Waals surface area contributed by atoms with Crippen LogP contribution in [0.2, 0.25) is 0 Å². The Labute approximate surface area is 124 Å². The molecule has 0 atom stereocenters. The van der Waals surface area contributed by atoms with Crippen molar-refractivity contribution >= 4 is 16.6 Å². The summed E-state index contributed by atoms with van der Waals surface area (Å²) in [4.78, 5) is 16.5. The second-order valence-electron chi connectivity index (χ2n) is 5.16. The fourth-order valence-electron chi connectivity index (χ4n) is 2.60. The van der Waals surface area contributed by atoms with Gasteiger partial charge in [0.15, 0.2) is 5.78 Å². The summed E-state index contributed by atoms with van der Waals surface area (Å²) in [6, 6.07) is 18.0. The maximum Gasteiger partial charge on any atom is 0.163 e. The number of pyridine rings is 1. The Kier molecular flexibility index (Phi) is 4.06. The third kappa shape index (κ3) is 3.16. The molecule has 2 aromatic carbocycles. The SMILES string of the molecule is O=C(CCCc1ccccc1)c1cccc2cnccc12. The summed E-state index contributed by atoms with van der Waals surface area (Å²) in [5, 5.41) is 2.02. The number of hydrogen-bond donors (Lipinski definition) is 0. The molecule has 0 unspecified atom stereocenters. The van der Waals surface area contributed by atoms with Gasteiger partial charge in [0.25, 0.3) is 0 Å². The zero-order valence-corrected chi connectivity index (χ0v) is 11.8. The molecule has 0 aliphatic carbocycles. The number of carbonyl (C=O) groups is 1. The summed E-state index contributed by atoms with van der Waals surface area (Å²) < 4.78 is 0. The Morgan fingerprint density at radius 2 is 1.81 bits per heavy atom.